The Balaban J connectivity index is 3.33. The summed E-state index contributed by atoms with van der Waals surface area (Å²) >= 11 is 0. The molecule has 1 rings (SSSR count). The third-order valence-corrected chi connectivity index (χ3v) is 3.85. The Bertz CT molecular complexity index is 609. The molecule has 0 fully saturated rings. The number of ether oxygens (including phenoxy) is 1. The Morgan fingerprint density at radius 1 is 0.880 bits per heavy atom. The first-order valence-electron chi connectivity index (χ1n) is 6.84. The lowest BCUT2D eigenvalue weighted by Crippen LogP contribution is -2.62. The summed E-state index contributed by atoms with van der Waals surface area (Å²) in [5.41, 5.74) is -1.77. The van der Waals surface area contributed by atoms with Crippen LogP contribution in [0.15, 0.2) is 24.3 Å². The molecule has 0 saturated carbocycles. The Morgan fingerprint density at radius 3 is 1.80 bits per heavy atom. The second-order valence-electron chi connectivity index (χ2n) is 5.83. The van der Waals surface area contributed by atoms with Crippen LogP contribution in [0.4, 0.5) is 39.5 Å². The maximum absolute atomic E-state index is 13.9. The molecule has 0 radical (unpaired) electrons. The Kier molecular flexibility index (Phi) is 5.50. The average molecular weight is 382 g/mol. The largest absolute Gasteiger partial charge is 0.460 e. The SMILES string of the molecule is COC(C)(CC(F)(F)C(F)(F)C(F)(F)C(F)(F)F)c1cccc(C)c1. The van der Waals surface area contributed by atoms with Gasteiger partial charge >= 0.3 is 23.9 Å². The molecule has 0 heterocycles. The monoisotopic (exact) mass is 382 g/mol. The van der Waals surface area contributed by atoms with Crippen LogP contribution in [0.1, 0.15) is 24.5 Å². The van der Waals surface area contributed by atoms with Crippen LogP contribution in [0.2, 0.25) is 0 Å². The smallest absolute Gasteiger partial charge is 0.374 e. The van der Waals surface area contributed by atoms with Crippen molar-refractivity contribution in [3.05, 3.63) is 35.4 Å². The first kappa shape index (κ1) is 21.6. The van der Waals surface area contributed by atoms with Gasteiger partial charge in [-0.2, -0.15) is 39.5 Å². The number of alkyl halides is 9. The third-order valence-electron chi connectivity index (χ3n) is 3.85. The molecule has 0 aromatic heterocycles. The molecule has 0 bridgehead atoms. The molecule has 0 N–H and O–H groups in total. The van der Waals surface area contributed by atoms with Crippen molar-refractivity contribution < 1.29 is 44.3 Å². The van der Waals surface area contributed by atoms with Crippen molar-refractivity contribution in [1.29, 1.82) is 0 Å². The van der Waals surface area contributed by atoms with Crippen molar-refractivity contribution >= 4 is 0 Å². The number of rotatable bonds is 6. The average Bonchev–Trinajstić information content (AvgIpc) is 2.45. The molecule has 0 aliphatic heterocycles. The highest BCUT2D eigenvalue weighted by Crippen LogP contribution is 2.56. The van der Waals surface area contributed by atoms with Gasteiger partial charge in [-0.25, -0.2) is 0 Å². The Labute approximate surface area is 137 Å². The van der Waals surface area contributed by atoms with Crippen molar-refractivity contribution in [3.63, 3.8) is 0 Å². The summed E-state index contributed by atoms with van der Waals surface area (Å²) in [4.78, 5) is 0. The zero-order valence-corrected chi connectivity index (χ0v) is 13.3. The summed E-state index contributed by atoms with van der Waals surface area (Å²) in [5.74, 6) is -19.3. The highest BCUT2D eigenvalue weighted by atomic mass is 19.4. The molecular weight excluding hydrogens is 367 g/mol. The van der Waals surface area contributed by atoms with Crippen molar-refractivity contribution in [2.75, 3.05) is 7.11 Å². The van der Waals surface area contributed by atoms with E-state index in [0.717, 1.165) is 14.0 Å². The highest BCUT2D eigenvalue weighted by molar-refractivity contribution is 5.28. The fraction of sp³-hybridized carbons (Fsp3) is 0.600. The molecular formula is C15H15F9O. The molecule has 0 saturated heterocycles. The van der Waals surface area contributed by atoms with Crippen LogP contribution in [-0.4, -0.2) is 31.1 Å². The molecule has 0 aliphatic carbocycles. The normalized spacial score (nSPS) is 16.6. The minimum atomic E-state index is -6.91. The lowest BCUT2D eigenvalue weighted by molar-refractivity contribution is -0.400. The highest BCUT2D eigenvalue weighted by Gasteiger charge is 2.82. The molecule has 25 heavy (non-hydrogen) atoms. The van der Waals surface area contributed by atoms with E-state index in [2.05, 4.69) is 0 Å². The summed E-state index contributed by atoms with van der Waals surface area (Å²) in [5, 5.41) is 0. The van der Waals surface area contributed by atoms with Crippen LogP contribution in [0, 0.1) is 6.92 Å². The van der Waals surface area contributed by atoms with Gasteiger partial charge < -0.3 is 4.74 Å². The van der Waals surface area contributed by atoms with E-state index < -0.39 is 36.0 Å². The fourth-order valence-electron chi connectivity index (χ4n) is 2.21. The molecule has 1 aromatic rings. The molecule has 1 unspecified atom stereocenters. The Hall–Kier alpha value is -1.45. The predicted octanol–water partition coefficient (Wildman–Crippen LogP) is 5.71. The van der Waals surface area contributed by atoms with Crippen LogP contribution < -0.4 is 0 Å². The minimum absolute atomic E-state index is 0.0687. The third kappa shape index (κ3) is 3.73. The standard InChI is InChI=1S/C15H15F9O/c1-9-5-4-6-10(7-9)11(2,25-3)8-12(16,17)13(18,19)14(20,21)15(22,23)24/h4-7H,8H2,1-3H3. The van der Waals surface area contributed by atoms with E-state index in [4.69, 9.17) is 4.74 Å². The quantitative estimate of drug-likeness (QED) is 0.573. The summed E-state index contributed by atoms with van der Waals surface area (Å²) < 4.78 is 122. The summed E-state index contributed by atoms with van der Waals surface area (Å²) in [7, 11) is 0.860. The van der Waals surface area contributed by atoms with Crippen LogP contribution in [0.3, 0.4) is 0 Å². The van der Waals surface area contributed by atoms with Gasteiger partial charge in [0.15, 0.2) is 0 Å². The maximum Gasteiger partial charge on any atom is 0.460 e. The second-order valence-corrected chi connectivity index (χ2v) is 5.83. The molecule has 1 atom stereocenters. The van der Waals surface area contributed by atoms with Crippen molar-refractivity contribution in [2.45, 2.75) is 49.8 Å². The molecule has 0 spiro atoms. The van der Waals surface area contributed by atoms with Crippen molar-refractivity contribution in [1.82, 2.24) is 0 Å². The molecule has 10 heteroatoms. The van der Waals surface area contributed by atoms with Gasteiger partial charge in [0.05, 0.1) is 12.0 Å². The number of hydrogen-bond donors (Lipinski definition) is 0. The fourth-order valence-corrected chi connectivity index (χ4v) is 2.21. The predicted molar refractivity (Wildman–Crippen MR) is 71.1 cm³/mol. The van der Waals surface area contributed by atoms with Crippen LogP contribution in [0.5, 0.6) is 0 Å². The lowest BCUT2D eigenvalue weighted by Gasteiger charge is -2.38. The first-order valence-corrected chi connectivity index (χ1v) is 6.84. The minimum Gasteiger partial charge on any atom is -0.374 e. The van der Waals surface area contributed by atoms with Gasteiger partial charge in [0, 0.05) is 7.11 Å². The van der Waals surface area contributed by atoms with Crippen LogP contribution >= 0.6 is 0 Å². The number of benzene rings is 1. The van der Waals surface area contributed by atoms with Crippen molar-refractivity contribution in [2.24, 2.45) is 0 Å². The summed E-state index contributed by atoms with van der Waals surface area (Å²) in [6, 6.07) is 5.42. The first-order chi connectivity index (χ1) is 11.0. The summed E-state index contributed by atoms with van der Waals surface area (Å²) in [6.45, 7) is 2.45. The lowest BCUT2D eigenvalue weighted by atomic mass is 9.85. The van der Waals surface area contributed by atoms with Gasteiger partial charge in [-0.05, 0) is 19.4 Å². The summed E-state index contributed by atoms with van der Waals surface area (Å²) in [6.07, 6.45) is -8.93. The molecule has 0 aliphatic rings. The zero-order chi connectivity index (χ0) is 19.9. The molecule has 144 valence electrons. The number of aryl methyl sites for hydroxylation is 1. The number of halogens is 9. The number of hydrogen-bond acceptors (Lipinski definition) is 1. The van der Waals surface area contributed by atoms with E-state index in [1.54, 1.807) is 13.0 Å². The second kappa shape index (κ2) is 6.37. The van der Waals surface area contributed by atoms with Gasteiger partial charge in [-0.1, -0.05) is 29.8 Å². The molecule has 1 aromatic carbocycles. The van der Waals surface area contributed by atoms with Crippen molar-refractivity contribution in [3.8, 4) is 0 Å². The number of methoxy groups -OCH3 is 1. The van der Waals surface area contributed by atoms with Crippen LogP contribution in [0.25, 0.3) is 0 Å². The van der Waals surface area contributed by atoms with E-state index in [0.29, 0.717) is 5.56 Å². The van der Waals surface area contributed by atoms with E-state index in [-0.39, 0.29) is 5.56 Å². The van der Waals surface area contributed by atoms with Crippen LogP contribution in [-0.2, 0) is 10.3 Å². The Morgan fingerprint density at radius 2 is 1.40 bits per heavy atom. The van der Waals surface area contributed by atoms with Gasteiger partial charge in [0.2, 0.25) is 0 Å². The maximum atomic E-state index is 13.9. The topological polar surface area (TPSA) is 9.23 Å². The molecule has 1 nitrogen and oxygen atoms in total. The van der Waals surface area contributed by atoms with Gasteiger partial charge in [-0.15, -0.1) is 0 Å². The van der Waals surface area contributed by atoms with E-state index in [1.807, 2.05) is 0 Å². The van der Waals surface area contributed by atoms with Gasteiger partial charge in [-0.3, -0.25) is 0 Å². The van der Waals surface area contributed by atoms with E-state index >= 15 is 0 Å². The van der Waals surface area contributed by atoms with E-state index in [1.165, 1.54) is 18.2 Å². The van der Waals surface area contributed by atoms with Gasteiger partial charge in [0.1, 0.15) is 0 Å². The van der Waals surface area contributed by atoms with Gasteiger partial charge in [0.25, 0.3) is 0 Å². The van der Waals surface area contributed by atoms with E-state index in [9.17, 15) is 39.5 Å². The zero-order valence-electron chi connectivity index (χ0n) is 13.3. The molecule has 0 amide bonds.